The summed E-state index contributed by atoms with van der Waals surface area (Å²) in [4.78, 5) is 0. The van der Waals surface area contributed by atoms with Crippen LogP contribution in [-0.4, -0.2) is 9.59 Å². The topological polar surface area (TPSA) is 25.8 Å². The molecule has 0 aliphatic carbocycles. The predicted octanol–water partition coefficient (Wildman–Crippen LogP) is 3.50. The van der Waals surface area contributed by atoms with Crippen LogP contribution in [0.3, 0.4) is 0 Å². The van der Waals surface area contributed by atoms with E-state index in [1.807, 2.05) is 30.3 Å². The molecule has 0 aliphatic heterocycles. The zero-order chi connectivity index (χ0) is 9.54. The molecule has 68 valence electrons. The van der Waals surface area contributed by atoms with Gasteiger partial charge in [-0.15, -0.1) is 5.10 Å². The van der Waals surface area contributed by atoms with Crippen LogP contribution in [0.2, 0.25) is 5.02 Å². The minimum atomic E-state index is 0.763. The van der Waals surface area contributed by atoms with Gasteiger partial charge in [-0.2, -0.15) is 0 Å². The summed E-state index contributed by atoms with van der Waals surface area (Å²) in [6.45, 7) is 0. The van der Waals surface area contributed by atoms with Crippen molar-refractivity contribution >= 4 is 44.1 Å². The second-order valence-corrected chi connectivity index (χ2v) is 4.22. The first-order valence-electron chi connectivity index (χ1n) is 4.15. The molecule has 0 saturated carbocycles. The molecule has 0 atom stereocenters. The molecule has 0 unspecified atom stereocenters. The lowest BCUT2D eigenvalue weighted by molar-refractivity contribution is 1.20. The van der Waals surface area contributed by atoms with E-state index in [0.29, 0.717) is 0 Å². The second kappa shape index (κ2) is 2.90. The maximum Gasteiger partial charge on any atom is 0.113 e. The zero-order valence-corrected chi connectivity index (χ0v) is 8.64. The molecule has 2 aromatic carbocycles. The monoisotopic (exact) mass is 220 g/mol. The van der Waals surface area contributed by atoms with Gasteiger partial charge in [0.1, 0.15) is 5.52 Å². The van der Waals surface area contributed by atoms with Crippen LogP contribution in [0.15, 0.2) is 30.3 Å². The van der Waals surface area contributed by atoms with Gasteiger partial charge in [0, 0.05) is 10.8 Å². The van der Waals surface area contributed by atoms with Crippen molar-refractivity contribution in [1.82, 2.24) is 9.59 Å². The first-order valence-corrected chi connectivity index (χ1v) is 5.31. The first-order chi connectivity index (χ1) is 6.86. The Hall–Kier alpha value is -1.19. The average Bonchev–Trinajstić information content (AvgIpc) is 2.66. The Labute approximate surface area is 89.3 Å². The molecule has 0 N–H and O–H groups in total. The number of fused-ring (bicyclic) bond motifs is 3. The quantitative estimate of drug-likeness (QED) is 0.580. The SMILES string of the molecule is Clc1cc2snnc2c2ccccc12. The highest BCUT2D eigenvalue weighted by Crippen LogP contribution is 2.31. The van der Waals surface area contributed by atoms with Crippen molar-refractivity contribution < 1.29 is 0 Å². The van der Waals surface area contributed by atoms with Crippen LogP contribution in [0.5, 0.6) is 0 Å². The minimum Gasteiger partial charge on any atom is -0.137 e. The lowest BCUT2D eigenvalue weighted by Crippen LogP contribution is -1.76. The number of rotatable bonds is 0. The van der Waals surface area contributed by atoms with Gasteiger partial charge in [0.05, 0.1) is 9.72 Å². The Bertz CT molecular complexity index is 618. The number of hydrogen-bond donors (Lipinski definition) is 0. The molecule has 4 heteroatoms. The summed E-state index contributed by atoms with van der Waals surface area (Å²) in [7, 11) is 0. The molecule has 1 heterocycles. The Morgan fingerprint density at radius 1 is 1.14 bits per heavy atom. The highest BCUT2D eigenvalue weighted by Gasteiger charge is 2.06. The number of nitrogens with zero attached hydrogens (tertiary/aromatic N) is 2. The van der Waals surface area contributed by atoms with Crippen LogP contribution < -0.4 is 0 Å². The Morgan fingerprint density at radius 3 is 2.79 bits per heavy atom. The summed E-state index contributed by atoms with van der Waals surface area (Å²) >= 11 is 7.51. The molecule has 1 aromatic heterocycles. The fraction of sp³-hybridized carbons (Fsp3) is 0. The third kappa shape index (κ3) is 1.03. The van der Waals surface area contributed by atoms with E-state index in [9.17, 15) is 0 Å². The normalized spacial score (nSPS) is 11.2. The van der Waals surface area contributed by atoms with E-state index < -0.39 is 0 Å². The van der Waals surface area contributed by atoms with Crippen molar-refractivity contribution in [2.45, 2.75) is 0 Å². The van der Waals surface area contributed by atoms with E-state index in [4.69, 9.17) is 11.6 Å². The van der Waals surface area contributed by atoms with Crippen molar-refractivity contribution in [3.8, 4) is 0 Å². The molecule has 0 amide bonds. The smallest absolute Gasteiger partial charge is 0.113 e. The maximum absolute atomic E-state index is 6.14. The molecular formula is C10H5ClN2S. The summed E-state index contributed by atoms with van der Waals surface area (Å²) in [5.41, 5.74) is 0.940. The van der Waals surface area contributed by atoms with Crippen molar-refractivity contribution in [1.29, 1.82) is 0 Å². The highest BCUT2D eigenvalue weighted by molar-refractivity contribution is 7.13. The number of halogens is 1. The Balaban J connectivity index is 2.67. The van der Waals surface area contributed by atoms with Gasteiger partial charge in [-0.25, -0.2) is 0 Å². The third-order valence-electron chi connectivity index (χ3n) is 2.21. The van der Waals surface area contributed by atoms with E-state index in [-0.39, 0.29) is 0 Å². The second-order valence-electron chi connectivity index (χ2n) is 3.02. The fourth-order valence-corrected chi connectivity index (χ4v) is 2.53. The summed E-state index contributed by atoms with van der Waals surface area (Å²) < 4.78 is 4.96. The van der Waals surface area contributed by atoms with Gasteiger partial charge in [0.15, 0.2) is 0 Å². The Morgan fingerprint density at radius 2 is 1.93 bits per heavy atom. The largest absolute Gasteiger partial charge is 0.137 e. The molecule has 3 rings (SSSR count). The van der Waals surface area contributed by atoms with Crippen molar-refractivity contribution in [2.24, 2.45) is 0 Å². The molecule has 0 fully saturated rings. The predicted molar refractivity (Wildman–Crippen MR) is 59.9 cm³/mol. The third-order valence-corrected chi connectivity index (χ3v) is 3.19. The Kier molecular flexibility index (Phi) is 1.69. The molecule has 3 aromatic rings. The highest BCUT2D eigenvalue weighted by atomic mass is 35.5. The summed E-state index contributed by atoms with van der Waals surface area (Å²) in [6, 6.07) is 9.89. The van der Waals surface area contributed by atoms with Crippen molar-refractivity contribution in [3.63, 3.8) is 0 Å². The molecular weight excluding hydrogens is 216 g/mol. The van der Waals surface area contributed by atoms with E-state index in [2.05, 4.69) is 9.59 Å². The minimum absolute atomic E-state index is 0.763. The molecule has 0 radical (unpaired) electrons. The lowest BCUT2D eigenvalue weighted by Gasteiger charge is -1.99. The summed E-state index contributed by atoms with van der Waals surface area (Å²) in [5, 5.41) is 6.97. The van der Waals surface area contributed by atoms with Crippen LogP contribution in [0.1, 0.15) is 0 Å². The summed E-state index contributed by atoms with van der Waals surface area (Å²) in [5.74, 6) is 0. The van der Waals surface area contributed by atoms with Gasteiger partial charge < -0.3 is 0 Å². The van der Waals surface area contributed by atoms with E-state index in [1.165, 1.54) is 11.5 Å². The first kappa shape index (κ1) is 8.15. The van der Waals surface area contributed by atoms with Gasteiger partial charge in [-0.1, -0.05) is 40.4 Å². The average molecular weight is 221 g/mol. The zero-order valence-electron chi connectivity index (χ0n) is 7.07. The molecule has 0 spiro atoms. The molecule has 0 bridgehead atoms. The van der Waals surface area contributed by atoms with Crippen LogP contribution >= 0.6 is 23.1 Å². The van der Waals surface area contributed by atoms with E-state index >= 15 is 0 Å². The van der Waals surface area contributed by atoms with Crippen LogP contribution in [0.4, 0.5) is 0 Å². The summed E-state index contributed by atoms with van der Waals surface area (Å²) in [6.07, 6.45) is 0. The number of aromatic nitrogens is 2. The van der Waals surface area contributed by atoms with Crippen molar-refractivity contribution in [2.75, 3.05) is 0 Å². The van der Waals surface area contributed by atoms with E-state index in [1.54, 1.807) is 0 Å². The van der Waals surface area contributed by atoms with Gasteiger partial charge >= 0.3 is 0 Å². The van der Waals surface area contributed by atoms with Crippen molar-refractivity contribution in [3.05, 3.63) is 35.4 Å². The fourth-order valence-electron chi connectivity index (χ4n) is 1.57. The molecule has 2 nitrogen and oxygen atoms in total. The van der Waals surface area contributed by atoms with E-state index in [0.717, 1.165) is 26.0 Å². The van der Waals surface area contributed by atoms with Crippen LogP contribution in [0.25, 0.3) is 21.0 Å². The van der Waals surface area contributed by atoms with Crippen LogP contribution in [-0.2, 0) is 0 Å². The molecule has 0 saturated heterocycles. The standard InChI is InChI=1S/C10H5ClN2S/c11-8-5-9-10(12-13-14-9)7-4-2-1-3-6(7)8/h1-5H. The molecule has 0 aliphatic rings. The van der Waals surface area contributed by atoms with Gasteiger partial charge in [-0.05, 0) is 17.6 Å². The molecule has 14 heavy (non-hydrogen) atoms. The lowest BCUT2D eigenvalue weighted by atomic mass is 10.1. The number of benzene rings is 2. The van der Waals surface area contributed by atoms with Gasteiger partial charge in [0.2, 0.25) is 0 Å². The van der Waals surface area contributed by atoms with Gasteiger partial charge in [0.25, 0.3) is 0 Å². The maximum atomic E-state index is 6.14. The number of hydrogen-bond acceptors (Lipinski definition) is 3. The van der Waals surface area contributed by atoms with Crippen LogP contribution in [0, 0.1) is 0 Å². The van der Waals surface area contributed by atoms with Gasteiger partial charge in [-0.3, -0.25) is 0 Å².